The molecule has 0 saturated carbocycles. The second kappa shape index (κ2) is 5.23. The minimum Gasteiger partial charge on any atom is -0.354 e. The van der Waals surface area contributed by atoms with Crippen molar-refractivity contribution in [2.75, 3.05) is 13.1 Å². The summed E-state index contributed by atoms with van der Waals surface area (Å²) >= 11 is 1.63. The van der Waals surface area contributed by atoms with Crippen LogP contribution < -0.4 is 10.6 Å². The Morgan fingerprint density at radius 3 is 3.33 bits per heavy atom. The average molecular weight is 225 g/mol. The van der Waals surface area contributed by atoms with Crippen molar-refractivity contribution in [2.24, 2.45) is 0 Å². The lowest BCUT2D eigenvalue weighted by molar-refractivity contribution is -0.122. The normalized spacial score (nSPS) is 20.4. The van der Waals surface area contributed by atoms with Gasteiger partial charge in [-0.15, -0.1) is 11.3 Å². The minimum atomic E-state index is 0.0290. The molecule has 1 aliphatic heterocycles. The van der Waals surface area contributed by atoms with Crippen LogP contribution in [0.4, 0.5) is 0 Å². The summed E-state index contributed by atoms with van der Waals surface area (Å²) < 4.78 is 0. The Balaban J connectivity index is 1.67. The zero-order chi connectivity index (χ0) is 10.5. The van der Waals surface area contributed by atoms with Gasteiger partial charge in [-0.1, -0.05) is 0 Å². The van der Waals surface area contributed by atoms with E-state index < -0.39 is 0 Å². The van der Waals surface area contributed by atoms with E-state index >= 15 is 0 Å². The first-order valence-corrected chi connectivity index (χ1v) is 6.14. The van der Waals surface area contributed by atoms with Gasteiger partial charge in [-0.05, 0) is 19.4 Å². The summed E-state index contributed by atoms with van der Waals surface area (Å²) in [5.74, 6) is 0.129. The molecule has 2 N–H and O–H groups in total. The number of carbonyl (C=O) groups is 1. The van der Waals surface area contributed by atoms with Gasteiger partial charge in [0.25, 0.3) is 0 Å². The van der Waals surface area contributed by atoms with Crippen LogP contribution in [0.15, 0.2) is 11.6 Å². The molecule has 0 aromatic carbocycles. The van der Waals surface area contributed by atoms with Crippen molar-refractivity contribution < 1.29 is 4.79 Å². The van der Waals surface area contributed by atoms with E-state index in [1.807, 2.05) is 5.38 Å². The third-order valence-electron chi connectivity index (χ3n) is 2.50. The molecule has 0 unspecified atom stereocenters. The first-order valence-electron chi connectivity index (χ1n) is 5.26. The molecule has 0 aliphatic carbocycles. The molecular weight excluding hydrogens is 210 g/mol. The van der Waals surface area contributed by atoms with Crippen molar-refractivity contribution >= 4 is 17.2 Å². The summed E-state index contributed by atoms with van der Waals surface area (Å²) in [5, 5.41) is 9.14. The van der Waals surface area contributed by atoms with E-state index in [1.165, 1.54) is 0 Å². The van der Waals surface area contributed by atoms with Crippen LogP contribution in [0.2, 0.25) is 0 Å². The lowest BCUT2D eigenvalue weighted by Crippen LogP contribution is -2.41. The molecule has 2 rings (SSSR count). The number of thiazole rings is 1. The minimum absolute atomic E-state index is 0.0290. The van der Waals surface area contributed by atoms with Crippen molar-refractivity contribution in [3.63, 3.8) is 0 Å². The zero-order valence-electron chi connectivity index (χ0n) is 8.53. The van der Waals surface area contributed by atoms with Gasteiger partial charge in [0.1, 0.15) is 0 Å². The number of nitrogens with zero attached hydrogens (tertiary/aromatic N) is 1. The molecule has 1 aromatic heterocycles. The van der Waals surface area contributed by atoms with Gasteiger partial charge < -0.3 is 10.6 Å². The first kappa shape index (κ1) is 10.6. The summed E-state index contributed by atoms with van der Waals surface area (Å²) in [6.07, 6.45) is 4.68. The summed E-state index contributed by atoms with van der Waals surface area (Å²) in [5.41, 5.74) is 0. The molecule has 1 aliphatic rings. The van der Waals surface area contributed by atoms with Crippen LogP contribution >= 0.6 is 11.3 Å². The Hall–Kier alpha value is -0.940. The van der Waals surface area contributed by atoms with Gasteiger partial charge in [-0.25, -0.2) is 4.98 Å². The maximum Gasteiger partial charge on any atom is 0.237 e. The number of hydrogen-bond acceptors (Lipinski definition) is 4. The summed E-state index contributed by atoms with van der Waals surface area (Å²) in [6.45, 7) is 1.65. The molecule has 1 fully saturated rings. The van der Waals surface area contributed by atoms with E-state index in [0.29, 0.717) is 6.54 Å². The van der Waals surface area contributed by atoms with Gasteiger partial charge in [0.05, 0.1) is 11.0 Å². The molecule has 0 spiro atoms. The predicted molar refractivity (Wildman–Crippen MR) is 59.9 cm³/mol. The Bertz CT molecular complexity index is 306. The topological polar surface area (TPSA) is 54.0 Å². The van der Waals surface area contributed by atoms with E-state index in [9.17, 15) is 4.79 Å². The van der Waals surface area contributed by atoms with E-state index in [-0.39, 0.29) is 11.9 Å². The monoisotopic (exact) mass is 225 g/mol. The zero-order valence-corrected chi connectivity index (χ0v) is 9.35. The van der Waals surface area contributed by atoms with E-state index in [4.69, 9.17) is 0 Å². The van der Waals surface area contributed by atoms with Crippen molar-refractivity contribution in [3.8, 4) is 0 Å². The van der Waals surface area contributed by atoms with Crippen LogP contribution in [0.1, 0.15) is 17.8 Å². The van der Waals surface area contributed by atoms with Gasteiger partial charge in [-0.3, -0.25) is 4.79 Å². The fraction of sp³-hybridized carbons (Fsp3) is 0.600. The highest BCUT2D eigenvalue weighted by atomic mass is 32.1. The molecule has 15 heavy (non-hydrogen) atoms. The number of aromatic nitrogens is 1. The Morgan fingerprint density at radius 1 is 1.73 bits per heavy atom. The van der Waals surface area contributed by atoms with Crippen LogP contribution in [0.25, 0.3) is 0 Å². The van der Waals surface area contributed by atoms with Crippen molar-refractivity contribution in [2.45, 2.75) is 25.3 Å². The molecule has 2 heterocycles. The summed E-state index contributed by atoms with van der Waals surface area (Å²) in [6, 6.07) is 0.0290. The molecule has 0 bridgehead atoms. The summed E-state index contributed by atoms with van der Waals surface area (Å²) in [4.78, 5) is 15.7. The maximum atomic E-state index is 11.6. The maximum absolute atomic E-state index is 11.6. The highest BCUT2D eigenvalue weighted by Gasteiger charge is 2.21. The fourth-order valence-corrected chi connectivity index (χ4v) is 2.32. The van der Waals surface area contributed by atoms with E-state index in [1.54, 1.807) is 17.5 Å². The van der Waals surface area contributed by atoms with Crippen LogP contribution in [-0.4, -0.2) is 30.0 Å². The van der Waals surface area contributed by atoms with Gasteiger partial charge in [0.2, 0.25) is 5.91 Å². The molecule has 5 heteroatoms. The van der Waals surface area contributed by atoms with Gasteiger partial charge in [0.15, 0.2) is 0 Å². The van der Waals surface area contributed by atoms with Crippen LogP contribution in [0, 0.1) is 0 Å². The third-order valence-corrected chi connectivity index (χ3v) is 3.34. The highest BCUT2D eigenvalue weighted by molar-refractivity contribution is 7.09. The van der Waals surface area contributed by atoms with Crippen LogP contribution in [0.3, 0.4) is 0 Å². The highest BCUT2D eigenvalue weighted by Crippen LogP contribution is 2.05. The van der Waals surface area contributed by atoms with Crippen molar-refractivity contribution in [3.05, 3.63) is 16.6 Å². The molecule has 1 amide bonds. The molecular formula is C10H15N3OS. The first-order chi connectivity index (χ1) is 7.36. The number of hydrogen-bond donors (Lipinski definition) is 2. The molecule has 1 aromatic rings. The second-order valence-corrected chi connectivity index (χ2v) is 4.59. The van der Waals surface area contributed by atoms with Crippen molar-refractivity contribution in [1.29, 1.82) is 0 Å². The standard InChI is InChI=1S/C10H15N3OS/c14-10(8-2-1-4-11-8)13-5-3-9-12-6-7-15-9/h6-8,11H,1-5H2,(H,13,14)/t8-/m0/s1. The number of rotatable bonds is 4. The van der Waals surface area contributed by atoms with Gasteiger partial charge in [0, 0.05) is 24.5 Å². The number of amides is 1. The average Bonchev–Trinajstić information content (AvgIpc) is 2.90. The predicted octanol–water partition coefficient (Wildman–Crippen LogP) is 0.554. The van der Waals surface area contributed by atoms with Crippen molar-refractivity contribution in [1.82, 2.24) is 15.6 Å². The lowest BCUT2D eigenvalue weighted by atomic mass is 10.2. The molecule has 1 atom stereocenters. The smallest absolute Gasteiger partial charge is 0.237 e. The van der Waals surface area contributed by atoms with Crippen LogP contribution in [0.5, 0.6) is 0 Å². The largest absolute Gasteiger partial charge is 0.354 e. The third kappa shape index (κ3) is 3.00. The number of nitrogens with one attached hydrogen (secondary N) is 2. The quantitative estimate of drug-likeness (QED) is 0.787. The van der Waals surface area contributed by atoms with E-state index in [0.717, 1.165) is 30.8 Å². The Morgan fingerprint density at radius 2 is 2.67 bits per heavy atom. The molecule has 0 radical (unpaired) electrons. The Kier molecular flexibility index (Phi) is 3.69. The SMILES string of the molecule is O=C(NCCc1nccs1)[C@@H]1CCCN1. The fourth-order valence-electron chi connectivity index (χ4n) is 1.70. The van der Waals surface area contributed by atoms with Crippen LogP contribution in [-0.2, 0) is 11.2 Å². The molecule has 4 nitrogen and oxygen atoms in total. The molecule has 82 valence electrons. The second-order valence-electron chi connectivity index (χ2n) is 3.62. The number of carbonyl (C=O) groups excluding carboxylic acids is 1. The van der Waals surface area contributed by atoms with Gasteiger partial charge >= 0.3 is 0 Å². The summed E-state index contributed by atoms with van der Waals surface area (Å²) in [7, 11) is 0. The van der Waals surface area contributed by atoms with E-state index in [2.05, 4.69) is 15.6 Å². The lowest BCUT2D eigenvalue weighted by Gasteiger charge is -2.09. The Labute approximate surface area is 93.1 Å². The molecule has 1 saturated heterocycles. The van der Waals surface area contributed by atoms with Gasteiger partial charge in [-0.2, -0.15) is 0 Å².